The third-order valence-electron chi connectivity index (χ3n) is 4.98. The molecule has 0 radical (unpaired) electrons. The molecule has 26 heavy (non-hydrogen) atoms. The Balaban J connectivity index is 1.87. The minimum atomic E-state index is -3.87. The minimum absolute atomic E-state index is 0.00652. The summed E-state index contributed by atoms with van der Waals surface area (Å²) in [5, 5.41) is 6.49. The van der Waals surface area contributed by atoms with Crippen molar-refractivity contribution >= 4 is 15.9 Å². The second-order valence-corrected chi connectivity index (χ2v) is 8.96. The smallest absolute Gasteiger partial charge is 0.246 e. The number of nitrogens with one attached hydrogen (secondary N) is 2. The minimum Gasteiger partial charge on any atom is -0.360 e. The number of sulfonamides is 1. The molecule has 0 aromatic carbocycles. The zero-order chi connectivity index (χ0) is 19.5. The molecular formula is C17H30N4O4S. The Bertz CT molecular complexity index is 704. The lowest BCUT2D eigenvalue weighted by atomic mass is 9.98. The van der Waals surface area contributed by atoms with Gasteiger partial charge in [-0.1, -0.05) is 12.1 Å². The Labute approximate surface area is 155 Å². The van der Waals surface area contributed by atoms with Crippen LogP contribution in [0.5, 0.6) is 0 Å². The molecule has 1 unspecified atom stereocenters. The van der Waals surface area contributed by atoms with Crippen LogP contribution in [0.15, 0.2) is 9.42 Å². The topological polar surface area (TPSA) is 105 Å². The highest BCUT2D eigenvalue weighted by Crippen LogP contribution is 2.19. The number of rotatable bonds is 7. The first-order chi connectivity index (χ1) is 12.1. The van der Waals surface area contributed by atoms with E-state index >= 15 is 0 Å². The zero-order valence-corrected chi connectivity index (χ0v) is 17.0. The normalized spacial score (nSPS) is 19.3. The molecule has 8 nitrogen and oxygen atoms in total. The monoisotopic (exact) mass is 386 g/mol. The molecule has 2 rings (SSSR count). The van der Waals surface area contributed by atoms with E-state index in [9.17, 15) is 13.2 Å². The van der Waals surface area contributed by atoms with Crippen molar-refractivity contribution in [1.82, 2.24) is 20.1 Å². The molecule has 9 heteroatoms. The number of aromatic nitrogens is 1. The summed E-state index contributed by atoms with van der Waals surface area (Å²) in [6, 6.07) is -0.667. The van der Waals surface area contributed by atoms with Crippen LogP contribution in [0.2, 0.25) is 0 Å². The number of nitrogens with zero attached hydrogens (tertiary/aromatic N) is 2. The van der Waals surface area contributed by atoms with E-state index in [-0.39, 0.29) is 28.3 Å². The van der Waals surface area contributed by atoms with Gasteiger partial charge in [0, 0.05) is 12.6 Å². The maximum Gasteiger partial charge on any atom is 0.246 e. The number of carbonyl (C=O) groups excluding carboxylic acids is 1. The number of hydrogen-bond acceptors (Lipinski definition) is 6. The van der Waals surface area contributed by atoms with Gasteiger partial charge in [0.2, 0.25) is 15.9 Å². The number of amides is 1. The lowest BCUT2D eigenvalue weighted by Gasteiger charge is -2.35. The van der Waals surface area contributed by atoms with Crippen LogP contribution in [-0.4, -0.2) is 56.1 Å². The quantitative estimate of drug-likeness (QED) is 0.729. The second-order valence-electron chi connectivity index (χ2n) is 7.31. The van der Waals surface area contributed by atoms with Gasteiger partial charge in [0.25, 0.3) is 0 Å². The molecule has 0 aliphatic carbocycles. The highest BCUT2D eigenvalue weighted by Gasteiger charge is 2.28. The third-order valence-corrected chi connectivity index (χ3v) is 6.76. The van der Waals surface area contributed by atoms with Crippen LogP contribution in [0.25, 0.3) is 0 Å². The Morgan fingerprint density at radius 3 is 2.46 bits per heavy atom. The number of piperidine rings is 1. The van der Waals surface area contributed by atoms with Gasteiger partial charge < -0.3 is 9.84 Å². The summed E-state index contributed by atoms with van der Waals surface area (Å²) in [7, 11) is -3.87. The lowest BCUT2D eigenvalue weighted by molar-refractivity contribution is -0.122. The highest BCUT2D eigenvalue weighted by atomic mass is 32.2. The molecule has 1 amide bonds. The fraction of sp³-hybridized carbons (Fsp3) is 0.765. The molecular weight excluding hydrogens is 356 g/mol. The predicted molar refractivity (Wildman–Crippen MR) is 98.2 cm³/mol. The van der Waals surface area contributed by atoms with Gasteiger partial charge in [-0.2, -0.15) is 4.72 Å². The van der Waals surface area contributed by atoms with Crippen molar-refractivity contribution in [3.8, 4) is 0 Å². The lowest BCUT2D eigenvalue weighted by Crippen LogP contribution is -2.50. The fourth-order valence-corrected chi connectivity index (χ4v) is 4.74. The number of carbonyl (C=O) groups is 1. The van der Waals surface area contributed by atoms with E-state index in [2.05, 4.69) is 33.9 Å². The molecule has 148 valence electrons. The van der Waals surface area contributed by atoms with Crippen molar-refractivity contribution in [2.75, 3.05) is 19.6 Å². The van der Waals surface area contributed by atoms with Crippen molar-refractivity contribution in [2.24, 2.45) is 5.92 Å². The predicted octanol–water partition coefficient (Wildman–Crippen LogP) is 1.19. The molecule has 2 atom stereocenters. The third kappa shape index (κ3) is 5.05. The molecule has 0 bridgehead atoms. The van der Waals surface area contributed by atoms with E-state index < -0.39 is 16.1 Å². The Kier molecular flexibility index (Phi) is 6.81. The van der Waals surface area contributed by atoms with Gasteiger partial charge in [0.15, 0.2) is 5.76 Å². The van der Waals surface area contributed by atoms with Gasteiger partial charge >= 0.3 is 0 Å². The van der Waals surface area contributed by atoms with Crippen molar-refractivity contribution in [3.63, 3.8) is 0 Å². The standard InChI is InChI=1S/C17H30N4O4S/c1-11-6-8-21(9-7-11)12(2)10-18-17(22)14(4)20-26(23,24)16-13(3)19-25-15(16)5/h11-12,14,20H,6-10H2,1-5H3,(H,18,22)/t12?,14-/m0/s1. The zero-order valence-electron chi connectivity index (χ0n) is 16.2. The number of hydrogen-bond donors (Lipinski definition) is 2. The summed E-state index contributed by atoms with van der Waals surface area (Å²) in [5.41, 5.74) is 0.274. The van der Waals surface area contributed by atoms with Crippen LogP contribution in [0, 0.1) is 19.8 Å². The molecule has 1 aromatic rings. The van der Waals surface area contributed by atoms with E-state index in [0.29, 0.717) is 6.54 Å². The summed E-state index contributed by atoms with van der Waals surface area (Å²) in [5.74, 6) is 0.611. The van der Waals surface area contributed by atoms with E-state index in [1.54, 1.807) is 6.92 Å². The van der Waals surface area contributed by atoms with Crippen LogP contribution >= 0.6 is 0 Å². The van der Waals surface area contributed by atoms with Gasteiger partial charge in [-0.25, -0.2) is 8.42 Å². The van der Waals surface area contributed by atoms with Crippen LogP contribution in [0.3, 0.4) is 0 Å². The molecule has 1 saturated heterocycles. The molecule has 1 fully saturated rings. The maximum atomic E-state index is 12.5. The van der Waals surface area contributed by atoms with Gasteiger partial charge in [-0.05, 0) is 59.5 Å². The van der Waals surface area contributed by atoms with E-state index in [4.69, 9.17) is 4.52 Å². The molecule has 2 heterocycles. The molecule has 1 aliphatic rings. The van der Waals surface area contributed by atoms with Crippen molar-refractivity contribution < 1.29 is 17.7 Å². The molecule has 1 aliphatic heterocycles. The largest absolute Gasteiger partial charge is 0.360 e. The molecule has 0 saturated carbocycles. The van der Waals surface area contributed by atoms with Gasteiger partial charge in [0.05, 0.1) is 6.04 Å². The summed E-state index contributed by atoms with van der Waals surface area (Å²) in [6.07, 6.45) is 2.35. The average Bonchev–Trinajstić information content (AvgIpc) is 2.91. The van der Waals surface area contributed by atoms with Gasteiger partial charge in [0.1, 0.15) is 10.6 Å². The van der Waals surface area contributed by atoms with Crippen molar-refractivity contribution in [1.29, 1.82) is 0 Å². The molecule has 1 aromatic heterocycles. The summed E-state index contributed by atoms with van der Waals surface area (Å²) in [6.45, 7) is 11.5. The second kappa shape index (κ2) is 8.49. The Morgan fingerprint density at radius 1 is 1.31 bits per heavy atom. The van der Waals surface area contributed by atoms with Crippen LogP contribution in [0.4, 0.5) is 0 Å². The number of likely N-dealkylation sites (tertiary alicyclic amines) is 1. The Morgan fingerprint density at radius 2 is 1.92 bits per heavy atom. The first kappa shape index (κ1) is 20.9. The SMILES string of the molecule is Cc1noc(C)c1S(=O)(=O)N[C@@H](C)C(=O)NCC(C)N1CCC(C)CC1. The molecule has 2 N–H and O–H groups in total. The van der Waals surface area contributed by atoms with E-state index in [1.807, 2.05) is 0 Å². The van der Waals surface area contributed by atoms with Gasteiger partial charge in [-0.3, -0.25) is 9.69 Å². The van der Waals surface area contributed by atoms with E-state index in [1.165, 1.54) is 26.7 Å². The number of aryl methyl sites for hydroxylation is 2. The summed E-state index contributed by atoms with van der Waals surface area (Å²) >= 11 is 0. The Hall–Kier alpha value is -1.45. The van der Waals surface area contributed by atoms with Crippen molar-refractivity contribution in [3.05, 3.63) is 11.5 Å². The molecule has 0 spiro atoms. The highest BCUT2D eigenvalue weighted by molar-refractivity contribution is 7.89. The van der Waals surface area contributed by atoms with Crippen LogP contribution in [0.1, 0.15) is 45.1 Å². The summed E-state index contributed by atoms with van der Waals surface area (Å²) in [4.78, 5) is 14.7. The maximum absolute atomic E-state index is 12.5. The first-order valence-electron chi connectivity index (χ1n) is 9.08. The van der Waals surface area contributed by atoms with Crippen LogP contribution < -0.4 is 10.0 Å². The first-order valence-corrected chi connectivity index (χ1v) is 10.6. The summed E-state index contributed by atoms with van der Waals surface area (Å²) < 4.78 is 32.2. The van der Waals surface area contributed by atoms with Gasteiger partial charge in [-0.15, -0.1) is 0 Å². The van der Waals surface area contributed by atoms with Crippen LogP contribution in [-0.2, 0) is 14.8 Å². The average molecular weight is 387 g/mol. The van der Waals surface area contributed by atoms with E-state index in [0.717, 1.165) is 19.0 Å². The van der Waals surface area contributed by atoms with Crippen molar-refractivity contribution in [2.45, 2.75) is 64.4 Å². The fourth-order valence-electron chi connectivity index (χ4n) is 3.20.